The van der Waals surface area contributed by atoms with E-state index in [1.54, 1.807) is 4.68 Å². The third-order valence-electron chi connectivity index (χ3n) is 4.73. The van der Waals surface area contributed by atoms with E-state index < -0.39 is 0 Å². The molecule has 31 heavy (non-hydrogen) atoms. The van der Waals surface area contributed by atoms with Crippen molar-refractivity contribution in [3.8, 4) is 11.2 Å². The second kappa shape index (κ2) is 7.56. The number of aromatic nitrogens is 4. The highest BCUT2D eigenvalue weighted by molar-refractivity contribution is 7.20. The molecule has 0 saturated heterocycles. The molecule has 2 N–H and O–H groups in total. The lowest BCUT2D eigenvalue weighted by molar-refractivity contribution is 0.559. The number of azo groups is 1. The van der Waals surface area contributed by atoms with Crippen LogP contribution in [0.15, 0.2) is 40.6 Å². The number of aryl methyl sites for hydroxylation is 2. The predicted octanol–water partition coefficient (Wildman–Crippen LogP) is 5.66. The van der Waals surface area contributed by atoms with E-state index in [1.165, 1.54) is 11.3 Å². The lowest BCUT2D eigenvalue weighted by Crippen LogP contribution is -2.14. The Kier molecular flexibility index (Phi) is 5.03. The normalized spacial score (nSPS) is 12.0. The van der Waals surface area contributed by atoms with Crippen LogP contribution in [0.2, 0.25) is 0 Å². The van der Waals surface area contributed by atoms with E-state index in [9.17, 15) is 5.26 Å². The minimum Gasteiger partial charge on any atom is -0.382 e. The van der Waals surface area contributed by atoms with Crippen molar-refractivity contribution in [3.63, 3.8) is 0 Å². The monoisotopic (exact) mass is 430 g/mol. The van der Waals surface area contributed by atoms with E-state index in [4.69, 9.17) is 10.8 Å². The van der Waals surface area contributed by atoms with Crippen LogP contribution in [0, 0.1) is 25.2 Å². The average Bonchev–Trinajstić information content (AvgIpc) is 3.27. The van der Waals surface area contributed by atoms with Gasteiger partial charge in [0, 0.05) is 11.1 Å². The minimum absolute atomic E-state index is 0.293. The number of para-hydroxylation sites is 1. The molecule has 3 heterocycles. The molecule has 0 radical (unpaired) electrons. The zero-order valence-corrected chi connectivity index (χ0v) is 18.8. The van der Waals surface area contributed by atoms with Gasteiger partial charge in [-0.05, 0) is 37.6 Å². The van der Waals surface area contributed by atoms with Crippen molar-refractivity contribution in [3.05, 3.63) is 52.8 Å². The lowest BCUT2D eigenvalue weighted by atomic mass is 9.90. The summed E-state index contributed by atoms with van der Waals surface area (Å²) < 4.78 is 2.62. The maximum Gasteiger partial charge on any atom is 0.213 e. The zero-order chi connectivity index (χ0) is 22.3. The molecule has 0 atom stereocenters. The minimum atomic E-state index is -0.363. The molecule has 1 aromatic carbocycles. The number of nitriles is 1. The SMILES string of the molecule is Cc1cc(C)c(N=Nc2c(C#N)c(C(C)(C)C)nn2-c2nc3ccccc3s2)c(N)n1. The molecular formula is C22H22N8S. The van der Waals surface area contributed by atoms with Gasteiger partial charge in [-0.2, -0.15) is 15.0 Å². The Morgan fingerprint density at radius 1 is 1.13 bits per heavy atom. The van der Waals surface area contributed by atoms with E-state index >= 15 is 0 Å². The van der Waals surface area contributed by atoms with Crippen molar-refractivity contribution in [2.75, 3.05) is 5.73 Å². The van der Waals surface area contributed by atoms with Crippen molar-refractivity contribution in [1.29, 1.82) is 5.26 Å². The summed E-state index contributed by atoms with van der Waals surface area (Å²) >= 11 is 1.48. The van der Waals surface area contributed by atoms with Crippen LogP contribution in [0.3, 0.4) is 0 Å². The van der Waals surface area contributed by atoms with Crippen LogP contribution in [0.25, 0.3) is 15.3 Å². The molecule has 0 spiro atoms. The summed E-state index contributed by atoms with van der Waals surface area (Å²) in [5.74, 6) is 0.618. The summed E-state index contributed by atoms with van der Waals surface area (Å²) in [4.78, 5) is 8.96. The molecular weight excluding hydrogens is 408 g/mol. The molecule has 9 heteroatoms. The third kappa shape index (κ3) is 3.78. The number of anilines is 1. The molecule has 0 aliphatic heterocycles. The van der Waals surface area contributed by atoms with Crippen LogP contribution >= 0.6 is 11.3 Å². The smallest absolute Gasteiger partial charge is 0.213 e. The largest absolute Gasteiger partial charge is 0.382 e. The van der Waals surface area contributed by atoms with Gasteiger partial charge in [0.05, 0.1) is 15.9 Å². The van der Waals surface area contributed by atoms with Gasteiger partial charge in [-0.3, -0.25) is 0 Å². The third-order valence-corrected chi connectivity index (χ3v) is 5.74. The van der Waals surface area contributed by atoms with Gasteiger partial charge >= 0.3 is 0 Å². The van der Waals surface area contributed by atoms with Crippen molar-refractivity contribution < 1.29 is 0 Å². The van der Waals surface area contributed by atoms with Gasteiger partial charge in [0.15, 0.2) is 11.6 Å². The van der Waals surface area contributed by atoms with Gasteiger partial charge in [0.2, 0.25) is 5.13 Å². The zero-order valence-electron chi connectivity index (χ0n) is 18.0. The molecule has 0 fully saturated rings. The molecule has 4 rings (SSSR count). The number of pyridine rings is 1. The van der Waals surface area contributed by atoms with E-state index in [2.05, 4.69) is 26.3 Å². The first-order chi connectivity index (χ1) is 14.7. The number of benzene rings is 1. The van der Waals surface area contributed by atoms with Gasteiger partial charge in [0.1, 0.15) is 17.3 Å². The predicted molar refractivity (Wildman–Crippen MR) is 122 cm³/mol. The second-order valence-electron chi connectivity index (χ2n) is 8.30. The molecule has 0 saturated carbocycles. The summed E-state index contributed by atoms with van der Waals surface area (Å²) in [5.41, 5.74) is 9.71. The Balaban J connectivity index is 1.94. The number of hydrogen-bond donors (Lipinski definition) is 1. The van der Waals surface area contributed by atoms with Crippen molar-refractivity contribution in [1.82, 2.24) is 19.7 Å². The van der Waals surface area contributed by atoms with E-state index in [0.29, 0.717) is 33.7 Å². The first-order valence-electron chi connectivity index (χ1n) is 9.74. The summed E-state index contributed by atoms with van der Waals surface area (Å²) in [7, 11) is 0. The van der Waals surface area contributed by atoms with Gasteiger partial charge in [0.25, 0.3) is 0 Å². The Morgan fingerprint density at radius 2 is 1.87 bits per heavy atom. The van der Waals surface area contributed by atoms with Gasteiger partial charge in [-0.15, -0.1) is 10.2 Å². The Hall–Kier alpha value is -3.64. The highest BCUT2D eigenvalue weighted by Crippen LogP contribution is 2.37. The van der Waals surface area contributed by atoms with Gasteiger partial charge in [-0.25, -0.2) is 9.97 Å². The molecule has 156 valence electrons. The first kappa shape index (κ1) is 20.6. The Bertz CT molecular complexity index is 1310. The van der Waals surface area contributed by atoms with E-state index in [0.717, 1.165) is 21.5 Å². The maximum absolute atomic E-state index is 9.95. The molecule has 0 bridgehead atoms. The van der Waals surface area contributed by atoms with Crippen LogP contribution in [0.4, 0.5) is 17.3 Å². The number of nitrogen functional groups attached to an aromatic ring is 1. The van der Waals surface area contributed by atoms with Crippen LogP contribution < -0.4 is 5.73 Å². The number of nitrogens with two attached hydrogens (primary N) is 1. The van der Waals surface area contributed by atoms with Crippen molar-refractivity contribution in [2.45, 2.75) is 40.0 Å². The van der Waals surface area contributed by atoms with E-state index in [1.807, 2.05) is 65.0 Å². The first-order valence-corrected chi connectivity index (χ1v) is 10.6. The van der Waals surface area contributed by atoms with Crippen molar-refractivity contribution >= 4 is 38.9 Å². The Morgan fingerprint density at radius 3 is 2.52 bits per heavy atom. The number of thiazole rings is 1. The van der Waals surface area contributed by atoms with E-state index in [-0.39, 0.29) is 5.41 Å². The molecule has 0 aliphatic rings. The number of hydrogen-bond acceptors (Lipinski definition) is 8. The van der Waals surface area contributed by atoms with Crippen LogP contribution in [-0.4, -0.2) is 19.7 Å². The molecule has 4 aromatic rings. The molecule has 3 aromatic heterocycles. The summed E-state index contributed by atoms with van der Waals surface area (Å²) in [6.45, 7) is 9.79. The van der Waals surface area contributed by atoms with Gasteiger partial charge in [-0.1, -0.05) is 44.2 Å². The number of fused-ring (bicyclic) bond motifs is 1. The fourth-order valence-corrected chi connectivity index (χ4v) is 4.22. The number of nitrogens with zero attached hydrogens (tertiary/aromatic N) is 7. The second-order valence-corrected chi connectivity index (χ2v) is 9.31. The van der Waals surface area contributed by atoms with Crippen molar-refractivity contribution in [2.24, 2.45) is 10.2 Å². The van der Waals surface area contributed by atoms with Crippen LogP contribution in [0.5, 0.6) is 0 Å². The van der Waals surface area contributed by atoms with Crippen LogP contribution in [0.1, 0.15) is 43.3 Å². The summed E-state index contributed by atoms with van der Waals surface area (Å²) in [6, 6.07) is 12.0. The van der Waals surface area contributed by atoms with Gasteiger partial charge < -0.3 is 5.73 Å². The summed E-state index contributed by atoms with van der Waals surface area (Å²) in [5, 5.41) is 24.1. The molecule has 0 unspecified atom stereocenters. The number of rotatable bonds is 3. The van der Waals surface area contributed by atoms with Crippen LogP contribution in [-0.2, 0) is 5.41 Å². The molecule has 8 nitrogen and oxygen atoms in total. The topological polar surface area (TPSA) is 118 Å². The average molecular weight is 431 g/mol. The highest BCUT2D eigenvalue weighted by Gasteiger charge is 2.29. The maximum atomic E-state index is 9.95. The molecule has 0 amide bonds. The Labute approximate surface area is 184 Å². The standard InChI is InChI=1S/C22H22N8S/c1-12-10-13(2)25-19(24)17(12)27-28-20-14(11-23)18(22(3,4)5)29-30(20)21-26-15-8-6-7-9-16(15)31-21/h6-10H,1-5H3,(H2,24,25). The fraction of sp³-hybridized carbons (Fsp3) is 0.273. The molecule has 0 aliphatic carbocycles. The highest BCUT2D eigenvalue weighted by atomic mass is 32.1. The summed E-state index contributed by atoms with van der Waals surface area (Å²) in [6.07, 6.45) is 0. The quantitative estimate of drug-likeness (QED) is 0.421. The lowest BCUT2D eigenvalue weighted by Gasteiger charge is -2.14. The fourth-order valence-electron chi connectivity index (χ4n) is 3.30.